The molecule has 0 aromatic heterocycles. The Morgan fingerprint density at radius 2 is 2.22 bits per heavy atom. The fourth-order valence-electron chi connectivity index (χ4n) is 2.20. The van der Waals surface area contributed by atoms with Gasteiger partial charge >= 0.3 is 0 Å². The Bertz CT molecular complexity index is 423. The van der Waals surface area contributed by atoms with Crippen LogP contribution in [-0.4, -0.2) is 25.2 Å². The molecule has 1 aromatic rings. The first-order chi connectivity index (χ1) is 8.66. The van der Waals surface area contributed by atoms with Crippen LogP contribution in [0.15, 0.2) is 18.2 Å². The van der Waals surface area contributed by atoms with Crippen molar-refractivity contribution in [1.29, 1.82) is 0 Å². The van der Waals surface area contributed by atoms with Crippen molar-refractivity contribution in [3.63, 3.8) is 0 Å². The van der Waals surface area contributed by atoms with Crippen LogP contribution in [0.5, 0.6) is 0 Å². The summed E-state index contributed by atoms with van der Waals surface area (Å²) in [4.78, 5) is 11.9. The van der Waals surface area contributed by atoms with Crippen LogP contribution in [0.4, 0.5) is 0 Å². The monoisotopic (exact) mass is 247 g/mol. The average molecular weight is 247 g/mol. The van der Waals surface area contributed by atoms with E-state index in [-0.39, 0.29) is 5.91 Å². The van der Waals surface area contributed by atoms with Gasteiger partial charge in [-0.2, -0.15) is 0 Å². The predicted octanol–water partition coefficient (Wildman–Crippen LogP) is 2.60. The first kappa shape index (κ1) is 13.1. The van der Waals surface area contributed by atoms with E-state index in [1.165, 1.54) is 5.56 Å². The van der Waals surface area contributed by atoms with Gasteiger partial charge in [-0.3, -0.25) is 4.79 Å². The zero-order valence-corrected chi connectivity index (χ0v) is 11.2. The van der Waals surface area contributed by atoms with Crippen LogP contribution in [0.25, 0.3) is 0 Å². The molecule has 1 N–H and O–H groups in total. The summed E-state index contributed by atoms with van der Waals surface area (Å²) in [7, 11) is 0. The number of nitrogens with one attached hydrogen (secondary N) is 1. The van der Waals surface area contributed by atoms with Crippen LogP contribution in [0, 0.1) is 13.8 Å². The van der Waals surface area contributed by atoms with Gasteiger partial charge in [0.25, 0.3) is 5.91 Å². The van der Waals surface area contributed by atoms with Gasteiger partial charge in [-0.05, 0) is 56.4 Å². The Morgan fingerprint density at radius 3 is 2.89 bits per heavy atom. The van der Waals surface area contributed by atoms with E-state index in [9.17, 15) is 4.79 Å². The number of rotatable bonds is 4. The summed E-state index contributed by atoms with van der Waals surface area (Å²) in [5, 5.41) is 2.95. The standard InChI is InChI=1S/C15H21NO2/c1-11-5-6-13(10-12(11)2)15(17)16-8-7-14-4-3-9-18-14/h5-6,10,14H,3-4,7-9H2,1-2H3,(H,16,17). The second-order valence-electron chi connectivity index (χ2n) is 4.98. The van der Waals surface area contributed by atoms with Gasteiger partial charge in [-0.25, -0.2) is 0 Å². The maximum atomic E-state index is 11.9. The SMILES string of the molecule is Cc1ccc(C(=O)NCCC2CCCO2)cc1C. The third-order valence-electron chi connectivity index (χ3n) is 3.54. The number of aryl methyl sites for hydroxylation is 2. The molecule has 1 fully saturated rings. The highest BCUT2D eigenvalue weighted by Crippen LogP contribution is 2.14. The van der Waals surface area contributed by atoms with E-state index >= 15 is 0 Å². The Morgan fingerprint density at radius 1 is 1.39 bits per heavy atom. The van der Waals surface area contributed by atoms with Crippen molar-refractivity contribution in [2.45, 2.75) is 39.2 Å². The first-order valence-electron chi connectivity index (χ1n) is 6.64. The molecule has 0 spiro atoms. The smallest absolute Gasteiger partial charge is 0.251 e. The van der Waals surface area contributed by atoms with Gasteiger partial charge in [-0.1, -0.05) is 6.07 Å². The summed E-state index contributed by atoms with van der Waals surface area (Å²) in [6.07, 6.45) is 3.52. The van der Waals surface area contributed by atoms with Crippen LogP contribution >= 0.6 is 0 Å². The van der Waals surface area contributed by atoms with E-state index in [0.29, 0.717) is 12.6 Å². The quantitative estimate of drug-likeness (QED) is 0.888. The van der Waals surface area contributed by atoms with Crippen molar-refractivity contribution in [2.75, 3.05) is 13.2 Å². The number of ether oxygens (including phenoxy) is 1. The lowest BCUT2D eigenvalue weighted by molar-refractivity contribution is 0.0907. The summed E-state index contributed by atoms with van der Waals surface area (Å²) >= 11 is 0. The molecule has 18 heavy (non-hydrogen) atoms. The highest BCUT2D eigenvalue weighted by atomic mass is 16.5. The Labute approximate surface area is 109 Å². The number of carbonyl (C=O) groups excluding carboxylic acids is 1. The van der Waals surface area contributed by atoms with E-state index in [0.717, 1.165) is 37.0 Å². The van der Waals surface area contributed by atoms with Gasteiger partial charge < -0.3 is 10.1 Å². The summed E-state index contributed by atoms with van der Waals surface area (Å²) in [6, 6.07) is 5.81. The highest BCUT2D eigenvalue weighted by Gasteiger charge is 2.15. The third-order valence-corrected chi connectivity index (χ3v) is 3.54. The minimum atomic E-state index is 0.0103. The van der Waals surface area contributed by atoms with Crippen LogP contribution in [-0.2, 0) is 4.74 Å². The average Bonchev–Trinajstić information content (AvgIpc) is 2.85. The normalized spacial score (nSPS) is 18.9. The third kappa shape index (κ3) is 3.33. The largest absolute Gasteiger partial charge is 0.378 e. The minimum Gasteiger partial charge on any atom is -0.378 e. The van der Waals surface area contributed by atoms with Crippen molar-refractivity contribution in [3.8, 4) is 0 Å². The predicted molar refractivity (Wildman–Crippen MR) is 71.8 cm³/mol. The number of benzene rings is 1. The zero-order chi connectivity index (χ0) is 13.0. The zero-order valence-electron chi connectivity index (χ0n) is 11.2. The number of amides is 1. The summed E-state index contributed by atoms with van der Waals surface area (Å²) in [5.41, 5.74) is 3.11. The second kappa shape index (κ2) is 6.01. The van der Waals surface area contributed by atoms with Gasteiger partial charge in [0.15, 0.2) is 0 Å². The molecule has 2 rings (SSSR count). The fraction of sp³-hybridized carbons (Fsp3) is 0.533. The van der Waals surface area contributed by atoms with E-state index in [4.69, 9.17) is 4.74 Å². The second-order valence-corrected chi connectivity index (χ2v) is 4.98. The molecule has 98 valence electrons. The topological polar surface area (TPSA) is 38.3 Å². The lowest BCUT2D eigenvalue weighted by Crippen LogP contribution is -2.27. The molecule has 1 aliphatic heterocycles. The molecular formula is C15H21NO2. The molecule has 1 atom stereocenters. The van der Waals surface area contributed by atoms with Gasteiger partial charge in [0.1, 0.15) is 0 Å². The molecule has 3 heteroatoms. The maximum absolute atomic E-state index is 11.9. The Balaban J connectivity index is 1.81. The van der Waals surface area contributed by atoms with Crippen molar-refractivity contribution in [1.82, 2.24) is 5.32 Å². The van der Waals surface area contributed by atoms with E-state index in [1.807, 2.05) is 25.1 Å². The molecule has 0 aliphatic carbocycles. The van der Waals surface area contributed by atoms with Crippen LogP contribution in [0.1, 0.15) is 40.7 Å². The Hall–Kier alpha value is -1.35. The molecule has 0 radical (unpaired) electrons. The van der Waals surface area contributed by atoms with Crippen molar-refractivity contribution in [2.24, 2.45) is 0 Å². The number of hydrogen-bond acceptors (Lipinski definition) is 2. The maximum Gasteiger partial charge on any atom is 0.251 e. The van der Waals surface area contributed by atoms with Crippen molar-refractivity contribution < 1.29 is 9.53 Å². The summed E-state index contributed by atoms with van der Waals surface area (Å²) in [6.45, 7) is 5.64. The number of hydrogen-bond donors (Lipinski definition) is 1. The molecule has 1 unspecified atom stereocenters. The van der Waals surface area contributed by atoms with E-state index < -0.39 is 0 Å². The summed E-state index contributed by atoms with van der Waals surface area (Å²) < 4.78 is 5.52. The molecule has 1 heterocycles. The van der Waals surface area contributed by atoms with Gasteiger partial charge in [0.2, 0.25) is 0 Å². The van der Waals surface area contributed by atoms with Gasteiger partial charge in [0, 0.05) is 18.7 Å². The van der Waals surface area contributed by atoms with Crippen molar-refractivity contribution in [3.05, 3.63) is 34.9 Å². The molecule has 1 amide bonds. The van der Waals surface area contributed by atoms with Crippen LogP contribution < -0.4 is 5.32 Å². The molecule has 0 saturated carbocycles. The van der Waals surface area contributed by atoms with Gasteiger partial charge in [0.05, 0.1) is 6.10 Å². The van der Waals surface area contributed by atoms with Crippen LogP contribution in [0.2, 0.25) is 0 Å². The molecular weight excluding hydrogens is 226 g/mol. The lowest BCUT2D eigenvalue weighted by atomic mass is 10.1. The van der Waals surface area contributed by atoms with Crippen LogP contribution in [0.3, 0.4) is 0 Å². The molecule has 0 bridgehead atoms. The Kier molecular flexibility index (Phi) is 4.37. The first-order valence-corrected chi connectivity index (χ1v) is 6.64. The molecule has 1 saturated heterocycles. The molecule has 1 aliphatic rings. The fourth-order valence-corrected chi connectivity index (χ4v) is 2.20. The van der Waals surface area contributed by atoms with E-state index in [2.05, 4.69) is 12.2 Å². The number of carbonyl (C=O) groups is 1. The van der Waals surface area contributed by atoms with E-state index in [1.54, 1.807) is 0 Å². The molecule has 1 aromatic carbocycles. The summed E-state index contributed by atoms with van der Waals surface area (Å²) in [5.74, 6) is 0.0103. The lowest BCUT2D eigenvalue weighted by Gasteiger charge is -2.10. The van der Waals surface area contributed by atoms with Crippen molar-refractivity contribution >= 4 is 5.91 Å². The van der Waals surface area contributed by atoms with Gasteiger partial charge in [-0.15, -0.1) is 0 Å². The highest BCUT2D eigenvalue weighted by molar-refractivity contribution is 5.94. The minimum absolute atomic E-state index is 0.0103. The molecule has 3 nitrogen and oxygen atoms in total.